The zero-order chi connectivity index (χ0) is 35.3. The number of carbonyl (C=O) groups is 3. The molecule has 2 atom stereocenters. The lowest BCUT2D eigenvalue weighted by Crippen LogP contribution is -2.40. The van der Waals surface area contributed by atoms with E-state index >= 15 is 0 Å². The maximum atomic E-state index is 12.5. The van der Waals surface area contributed by atoms with E-state index in [1.165, 1.54) is 128 Å². The number of carbonyl (C=O) groups excluding carboxylic acids is 2. The first-order valence-electron chi connectivity index (χ1n) is 20.9. The third kappa shape index (κ3) is 32.9. The highest BCUT2D eigenvalue weighted by atomic mass is 16.5. The minimum atomic E-state index is -1.02. The molecule has 0 rings (SSSR count). The van der Waals surface area contributed by atoms with Crippen molar-refractivity contribution >= 4 is 17.8 Å². The Balaban J connectivity index is 3.69. The second kappa shape index (κ2) is 36.6. The molecule has 0 aliphatic heterocycles. The third-order valence-corrected chi connectivity index (χ3v) is 9.67. The summed E-state index contributed by atoms with van der Waals surface area (Å²) in [6.07, 6.45) is 37.9. The number of carboxylic acid groups (broad SMARTS) is 1. The zero-order valence-corrected chi connectivity index (χ0v) is 31.9. The summed E-state index contributed by atoms with van der Waals surface area (Å²) in [7, 11) is 0. The van der Waals surface area contributed by atoms with Crippen LogP contribution in [0.2, 0.25) is 0 Å². The highest BCUT2D eigenvalue weighted by molar-refractivity contribution is 5.83. The summed E-state index contributed by atoms with van der Waals surface area (Å²) in [5.74, 6) is -1.31. The number of nitrogens with two attached hydrogens (primary N) is 1. The van der Waals surface area contributed by atoms with Crippen molar-refractivity contribution in [3.8, 4) is 0 Å². The van der Waals surface area contributed by atoms with Crippen molar-refractivity contribution in [1.29, 1.82) is 0 Å². The van der Waals surface area contributed by atoms with Crippen LogP contribution in [-0.2, 0) is 19.1 Å². The second-order valence-electron chi connectivity index (χ2n) is 14.4. The third-order valence-electron chi connectivity index (χ3n) is 9.67. The van der Waals surface area contributed by atoms with Gasteiger partial charge >= 0.3 is 11.9 Å². The molecule has 0 bridgehead atoms. The summed E-state index contributed by atoms with van der Waals surface area (Å²) in [6.45, 7) is 4.84. The summed E-state index contributed by atoms with van der Waals surface area (Å²) >= 11 is 0. The Morgan fingerprint density at radius 1 is 0.521 bits per heavy atom. The first-order chi connectivity index (χ1) is 23.4. The van der Waals surface area contributed by atoms with Crippen LogP contribution in [-0.4, -0.2) is 41.6 Å². The molecule has 2 unspecified atom stereocenters. The summed E-state index contributed by atoms with van der Waals surface area (Å²) in [5, 5.41) is 11.9. The van der Waals surface area contributed by atoms with Gasteiger partial charge in [0.05, 0.1) is 0 Å². The normalized spacial score (nSPS) is 12.6. The van der Waals surface area contributed by atoms with Crippen molar-refractivity contribution in [2.24, 2.45) is 5.73 Å². The molecule has 0 saturated carbocycles. The number of amides is 1. The molecule has 0 radical (unpaired) electrons. The smallest absolute Gasteiger partial charge is 0.326 e. The molecular formula is C41H80N2O5. The molecule has 0 heterocycles. The Labute approximate surface area is 297 Å². The Kier molecular flexibility index (Phi) is 35.4. The predicted molar refractivity (Wildman–Crippen MR) is 202 cm³/mol. The molecule has 0 aliphatic carbocycles. The molecule has 0 aromatic heterocycles. The molecule has 0 spiro atoms. The quantitative estimate of drug-likeness (QED) is 0.0441. The number of carboxylic acids is 1. The van der Waals surface area contributed by atoms with Crippen LogP contribution in [0.3, 0.4) is 0 Å². The summed E-state index contributed by atoms with van der Waals surface area (Å²) in [5.41, 5.74) is 5.46. The number of unbranched alkanes of at least 4 members (excludes halogenated alkanes) is 24. The van der Waals surface area contributed by atoms with Crippen LogP contribution in [0.4, 0.5) is 0 Å². The van der Waals surface area contributed by atoms with E-state index in [0.717, 1.165) is 51.4 Å². The van der Waals surface area contributed by atoms with Crippen molar-refractivity contribution in [2.45, 2.75) is 238 Å². The standard InChI is InChI=1S/C41H80N2O5/c1-3-5-7-8-9-10-11-12-13-14-15-16-17-18-19-20-21-22-23-24-25-29-35-40(45)48-37(31-6-4-2)32-27-26-28-34-39(44)43-38(41(46)47)33-30-36-42/h37-38H,3-36,42H2,1-2H3,(H,43,44)(H,46,47). The summed E-state index contributed by atoms with van der Waals surface area (Å²) in [4.78, 5) is 36.0. The van der Waals surface area contributed by atoms with E-state index in [9.17, 15) is 19.5 Å². The molecule has 0 aromatic rings. The van der Waals surface area contributed by atoms with Gasteiger partial charge in [0.1, 0.15) is 12.1 Å². The second-order valence-corrected chi connectivity index (χ2v) is 14.4. The monoisotopic (exact) mass is 681 g/mol. The minimum absolute atomic E-state index is 0.0429. The van der Waals surface area contributed by atoms with E-state index < -0.39 is 12.0 Å². The van der Waals surface area contributed by atoms with E-state index in [4.69, 9.17) is 10.5 Å². The van der Waals surface area contributed by atoms with Crippen molar-refractivity contribution in [2.75, 3.05) is 6.54 Å². The lowest BCUT2D eigenvalue weighted by molar-refractivity contribution is -0.150. The summed E-state index contributed by atoms with van der Waals surface area (Å²) < 4.78 is 5.85. The van der Waals surface area contributed by atoms with Gasteiger partial charge in [-0.2, -0.15) is 0 Å². The zero-order valence-electron chi connectivity index (χ0n) is 31.9. The lowest BCUT2D eigenvalue weighted by Gasteiger charge is -2.18. The molecule has 284 valence electrons. The van der Waals surface area contributed by atoms with Crippen LogP contribution >= 0.6 is 0 Å². The molecule has 7 heteroatoms. The topological polar surface area (TPSA) is 119 Å². The summed E-state index contributed by atoms with van der Waals surface area (Å²) in [6, 6.07) is -0.868. The first kappa shape index (κ1) is 46.4. The molecule has 1 amide bonds. The Hall–Kier alpha value is -1.63. The van der Waals surface area contributed by atoms with Gasteiger partial charge in [-0.1, -0.05) is 168 Å². The van der Waals surface area contributed by atoms with Crippen LogP contribution < -0.4 is 11.1 Å². The molecule has 0 aromatic carbocycles. The Bertz CT molecular complexity index is 732. The number of esters is 1. The van der Waals surface area contributed by atoms with Crippen LogP contribution in [0.15, 0.2) is 0 Å². The average molecular weight is 681 g/mol. The lowest BCUT2D eigenvalue weighted by atomic mass is 10.0. The number of ether oxygens (including phenoxy) is 1. The first-order valence-corrected chi connectivity index (χ1v) is 20.9. The molecule has 7 nitrogen and oxygen atoms in total. The van der Waals surface area contributed by atoms with Gasteiger partial charge in [0, 0.05) is 12.8 Å². The van der Waals surface area contributed by atoms with Gasteiger partial charge in [0.2, 0.25) is 5.91 Å². The number of aliphatic carboxylic acids is 1. The van der Waals surface area contributed by atoms with Crippen molar-refractivity contribution < 1.29 is 24.2 Å². The SMILES string of the molecule is CCCCCCCCCCCCCCCCCCCCCCCCC(=O)OC(CCCC)CCCCCC(=O)NC(CCCN)C(=O)O. The Morgan fingerprint density at radius 2 is 0.917 bits per heavy atom. The van der Waals surface area contributed by atoms with Crippen LogP contribution in [0.5, 0.6) is 0 Å². The number of rotatable bonds is 38. The fourth-order valence-electron chi connectivity index (χ4n) is 6.50. The van der Waals surface area contributed by atoms with Gasteiger partial charge in [-0.25, -0.2) is 4.79 Å². The molecule has 0 saturated heterocycles. The van der Waals surface area contributed by atoms with Crippen molar-refractivity contribution in [3.63, 3.8) is 0 Å². The van der Waals surface area contributed by atoms with E-state index in [2.05, 4.69) is 19.2 Å². The maximum absolute atomic E-state index is 12.5. The van der Waals surface area contributed by atoms with Crippen LogP contribution in [0, 0.1) is 0 Å². The van der Waals surface area contributed by atoms with Gasteiger partial charge in [-0.3, -0.25) is 9.59 Å². The minimum Gasteiger partial charge on any atom is -0.480 e. The fraction of sp³-hybridized carbons (Fsp3) is 0.927. The van der Waals surface area contributed by atoms with Crippen molar-refractivity contribution in [1.82, 2.24) is 5.32 Å². The van der Waals surface area contributed by atoms with E-state index in [1.54, 1.807) is 0 Å². The maximum Gasteiger partial charge on any atom is 0.326 e. The number of hydrogen-bond donors (Lipinski definition) is 3. The Morgan fingerprint density at radius 3 is 1.35 bits per heavy atom. The van der Waals surface area contributed by atoms with Crippen LogP contribution in [0.1, 0.15) is 226 Å². The van der Waals surface area contributed by atoms with Gasteiger partial charge in [-0.15, -0.1) is 0 Å². The van der Waals surface area contributed by atoms with E-state index in [1.807, 2.05) is 0 Å². The molecule has 0 fully saturated rings. The van der Waals surface area contributed by atoms with Gasteiger partial charge in [-0.05, 0) is 51.5 Å². The largest absolute Gasteiger partial charge is 0.480 e. The number of nitrogens with one attached hydrogen (secondary N) is 1. The van der Waals surface area contributed by atoms with Crippen LogP contribution in [0.25, 0.3) is 0 Å². The van der Waals surface area contributed by atoms with E-state index in [-0.39, 0.29) is 18.0 Å². The molecule has 48 heavy (non-hydrogen) atoms. The molecular weight excluding hydrogens is 600 g/mol. The highest BCUT2D eigenvalue weighted by Crippen LogP contribution is 2.18. The van der Waals surface area contributed by atoms with Gasteiger partial charge in [0.15, 0.2) is 0 Å². The average Bonchev–Trinajstić information content (AvgIpc) is 3.07. The number of hydrogen-bond acceptors (Lipinski definition) is 5. The van der Waals surface area contributed by atoms with Crippen molar-refractivity contribution in [3.05, 3.63) is 0 Å². The molecule has 4 N–H and O–H groups in total. The van der Waals surface area contributed by atoms with E-state index in [0.29, 0.717) is 38.6 Å². The predicted octanol–water partition coefficient (Wildman–Crippen LogP) is 11.3. The fourth-order valence-corrected chi connectivity index (χ4v) is 6.50. The molecule has 0 aliphatic rings. The highest BCUT2D eigenvalue weighted by Gasteiger charge is 2.19. The van der Waals surface area contributed by atoms with Gasteiger partial charge < -0.3 is 20.9 Å². The van der Waals surface area contributed by atoms with Gasteiger partial charge in [0.25, 0.3) is 0 Å².